The number of aliphatic carboxylic acids is 1. The molecule has 16 heavy (non-hydrogen) atoms. The molecule has 0 aliphatic rings. The predicted octanol–water partition coefficient (Wildman–Crippen LogP) is 1.63. The van der Waals surface area contributed by atoms with Crippen LogP contribution in [0.3, 0.4) is 0 Å². The van der Waals surface area contributed by atoms with Gasteiger partial charge in [0.15, 0.2) is 5.71 Å². The fourth-order valence-corrected chi connectivity index (χ4v) is 1.61. The lowest BCUT2D eigenvalue weighted by Crippen LogP contribution is -2.15. The van der Waals surface area contributed by atoms with Gasteiger partial charge in [0.05, 0.1) is 0 Å². The van der Waals surface area contributed by atoms with Crippen molar-refractivity contribution >= 4 is 22.6 Å². The van der Waals surface area contributed by atoms with Crippen LogP contribution in [0.5, 0.6) is 0 Å². The molecule has 82 valence electrons. The van der Waals surface area contributed by atoms with E-state index in [0.29, 0.717) is 0 Å². The molecule has 0 aliphatic carbocycles. The monoisotopic (exact) mass is 218 g/mol. The Morgan fingerprint density at radius 3 is 2.81 bits per heavy atom. The number of para-hydroxylation sites is 1. The van der Waals surface area contributed by atoms with E-state index in [2.05, 4.69) is 10.1 Å². The molecule has 0 bridgehead atoms. The van der Waals surface area contributed by atoms with Crippen LogP contribution in [-0.2, 0) is 11.2 Å². The maximum Gasteiger partial charge on any atom is 0.354 e. The summed E-state index contributed by atoms with van der Waals surface area (Å²) < 4.78 is 0. The lowest BCUT2D eigenvalue weighted by molar-refractivity contribution is -0.129. The van der Waals surface area contributed by atoms with E-state index in [4.69, 9.17) is 10.3 Å². The summed E-state index contributed by atoms with van der Waals surface area (Å²) in [5.41, 5.74) is 1.45. The number of aromatic nitrogens is 1. The number of benzene rings is 1. The summed E-state index contributed by atoms with van der Waals surface area (Å²) in [6.07, 6.45) is 1.81. The number of fused-ring (bicyclic) bond motifs is 1. The molecule has 0 amide bonds. The van der Waals surface area contributed by atoms with Gasteiger partial charge in [-0.25, -0.2) is 4.79 Å². The van der Waals surface area contributed by atoms with Crippen molar-refractivity contribution in [2.45, 2.75) is 6.42 Å². The zero-order valence-corrected chi connectivity index (χ0v) is 8.34. The van der Waals surface area contributed by atoms with Gasteiger partial charge in [0.2, 0.25) is 0 Å². The van der Waals surface area contributed by atoms with Crippen molar-refractivity contribution in [3.8, 4) is 0 Å². The highest BCUT2D eigenvalue weighted by atomic mass is 16.4. The van der Waals surface area contributed by atoms with Gasteiger partial charge in [0, 0.05) is 23.5 Å². The topological polar surface area (TPSA) is 85.7 Å². The van der Waals surface area contributed by atoms with Gasteiger partial charge < -0.3 is 15.3 Å². The fourth-order valence-electron chi connectivity index (χ4n) is 1.61. The standard InChI is InChI=1S/C11H10N2O3/c14-11(15)10(13-16)5-7-6-12-9-4-2-1-3-8(7)9/h1-4,6,12,16H,5H2,(H,14,15). The van der Waals surface area contributed by atoms with E-state index >= 15 is 0 Å². The Morgan fingerprint density at radius 2 is 2.12 bits per heavy atom. The molecule has 1 aromatic carbocycles. The normalized spacial score (nSPS) is 11.9. The summed E-state index contributed by atoms with van der Waals surface area (Å²) in [5.74, 6) is -1.22. The first-order chi connectivity index (χ1) is 7.72. The van der Waals surface area contributed by atoms with Crippen LogP contribution >= 0.6 is 0 Å². The predicted molar refractivity (Wildman–Crippen MR) is 58.9 cm³/mol. The Bertz CT molecular complexity index is 557. The van der Waals surface area contributed by atoms with Crippen molar-refractivity contribution in [2.75, 3.05) is 0 Å². The smallest absolute Gasteiger partial charge is 0.354 e. The largest absolute Gasteiger partial charge is 0.477 e. The summed E-state index contributed by atoms with van der Waals surface area (Å²) in [6, 6.07) is 7.55. The molecule has 0 radical (unpaired) electrons. The maximum atomic E-state index is 10.7. The van der Waals surface area contributed by atoms with E-state index in [-0.39, 0.29) is 12.1 Å². The third-order valence-electron chi connectivity index (χ3n) is 2.40. The first kappa shape index (κ1) is 10.2. The number of nitrogens with one attached hydrogen (secondary N) is 1. The Labute approximate surface area is 91.0 Å². The number of nitrogens with zero attached hydrogens (tertiary/aromatic N) is 1. The van der Waals surface area contributed by atoms with Crippen LogP contribution in [0, 0.1) is 0 Å². The minimum Gasteiger partial charge on any atom is -0.477 e. The van der Waals surface area contributed by atoms with Crippen LogP contribution in [0.1, 0.15) is 5.56 Å². The summed E-state index contributed by atoms with van der Waals surface area (Å²) in [7, 11) is 0. The van der Waals surface area contributed by atoms with Crippen molar-refractivity contribution in [3.63, 3.8) is 0 Å². The summed E-state index contributed by atoms with van der Waals surface area (Å²) >= 11 is 0. The van der Waals surface area contributed by atoms with Crippen LogP contribution in [0.25, 0.3) is 10.9 Å². The molecule has 0 fully saturated rings. The van der Waals surface area contributed by atoms with Gasteiger partial charge >= 0.3 is 5.97 Å². The minimum atomic E-state index is -1.22. The number of hydrogen-bond acceptors (Lipinski definition) is 3. The number of hydrogen-bond donors (Lipinski definition) is 3. The van der Waals surface area contributed by atoms with Gasteiger partial charge in [-0.05, 0) is 11.6 Å². The molecule has 2 rings (SSSR count). The maximum absolute atomic E-state index is 10.7. The van der Waals surface area contributed by atoms with E-state index in [0.717, 1.165) is 16.5 Å². The molecule has 1 heterocycles. The molecular weight excluding hydrogens is 208 g/mol. The van der Waals surface area contributed by atoms with Gasteiger partial charge in [-0.2, -0.15) is 0 Å². The molecule has 2 aromatic rings. The Morgan fingerprint density at radius 1 is 1.38 bits per heavy atom. The number of oxime groups is 1. The van der Waals surface area contributed by atoms with Gasteiger partial charge in [-0.3, -0.25) is 0 Å². The SMILES string of the molecule is O=C(O)C(Cc1c[nH]c2ccccc12)=NO. The number of rotatable bonds is 3. The summed E-state index contributed by atoms with van der Waals surface area (Å²) in [4.78, 5) is 13.7. The summed E-state index contributed by atoms with van der Waals surface area (Å²) in [6.45, 7) is 0. The number of aromatic amines is 1. The molecule has 0 saturated heterocycles. The second-order valence-corrected chi connectivity index (χ2v) is 3.39. The van der Waals surface area contributed by atoms with Gasteiger partial charge in [0.1, 0.15) is 0 Å². The van der Waals surface area contributed by atoms with Crippen molar-refractivity contribution in [3.05, 3.63) is 36.0 Å². The van der Waals surface area contributed by atoms with Gasteiger partial charge in [-0.1, -0.05) is 23.4 Å². The molecule has 0 unspecified atom stereocenters. The number of H-pyrrole nitrogens is 1. The molecule has 1 aromatic heterocycles. The molecule has 3 N–H and O–H groups in total. The second-order valence-electron chi connectivity index (χ2n) is 3.39. The Balaban J connectivity index is 2.38. The lowest BCUT2D eigenvalue weighted by atomic mass is 10.1. The summed E-state index contributed by atoms with van der Waals surface area (Å²) in [5, 5.41) is 21.0. The quantitative estimate of drug-likeness (QED) is 0.415. The third-order valence-corrected chi connectivity index (χ3v) is 2.40. The molecule has 5 heteroatoms. The van der Waals surface area contributed by atoms with E-state index in [1.54, 1.807) is 6.20 Å². The zero-order valence-electron chi connectivity index (χ0n) is 8.34. The highest BCUT2D eigenvalue weighted by molar-refractivity contribution is 6.36. The van der Waals surface area contributed by atoms with Crippen LogP contribution in [0.4, 0.5) is 0 Å². The number of carboxylic acids is 1. The highest BCUT2D eigenvalue weighted by Crippen LogP contribution is 2.18. The van der Waals surface area contributed by atoms with Crippen LogP contribution in [0.15, 0.2) is 35.6 Å². The average molecular weight is 218 g/mol. The molecule has 0 saturated carbocycles. The first-order valence-electron chi connectivity index (χ1n) is 4.71. The second kappa shape index (κ2) is 4.06. The molecule has 0 spiro atoms. The van der Waals surface area contributed by atoms with Crippen LogP contribution < -0.4 is 0 Å². The highest BCUT2D eigenvalue weighted by Gasteiger charge is 2.13. The molecule has 0 aliphatic heterocycles. The van der Waals surface area contributed by atoms with Gasteiger partial charge in [0.25, 0.3) is 0 Å². The molecule has 0 atom stereocenters. The number of carboxylic acid groups (broad SMARTS) is 1. The van der Waals surface area contributed by atoms with E-state index in [1.807, 2.05) is 24.3 Å². The Kier molecular flexibility index (Phi) is 2.59. The fraction of sp³-hybridized carbons (Fsp3) is 0.0909. The third kappa shape index (κ3) is 1.75. The van der Waals surface area contributed by atoms with Crippen molar-refractivity contribution < 1.29 is 15.1 Å². The molecule has 5 nitrogen and oxygen atoms in total. The van der Waals surface area contributed by atoms with Crippen molar-refractivity contribution in [2.24, 2.45) is 5.16 Å². The average Bonchev–Trinajstić information content (AvgIpc) is 2.69. The lowest BCUT2D eigenvalue weighted by Gasteiger charge is -1.97. The van der Waals surface area contributed by atoms with E-state index < -0.39 is 5.97 Å². The molecular formula is C11H10N2O3. The van der Waals surface area contributed by atoms with E-state index in [1.165, 1.54) is 0 Å². The first-order valence-corrected chi connectivity index (χ1v) is 4.71. The van der Waals surface area contributed by atoms with E-state index in [9.17, 15) is 4.79 Å². The Hall–Kier alpha value is -2.30. The van der Waals surface area contributed by atoms with Crippen molar-refractivity contribution in [1.82, 2.24) is 4.98 Å². The van der Waals surface area contributed by atoms with Crippen LogP contribution in [0.2, 0.25) is 0 Å². The zero-order chi connectivity index (χ0) is 11.5. The number of carbonyl (C=O) groups is 1. The van der Waals surface area contributed by atoms with Gasteiger partial charge in [-0.15, -0.1) is 0 Å². The van der Waals surface area contributed by atoms with Crippen molar-refractivity contribution in [1.29, 1.82) is 0 Å². The van der Waals surface area contributed by atoms with Crippen LogP contribution in [-0.4, -0.2) is 27.0 Å². The minimum absolute atomic E-state index is 0.0931.